The van der Waals surface area contributed by atoms with E-state index in [2.05, 4.69) is 18.8 Å². The summed E-state index contributed by atoms with van der Waals surface area (Å²) in [6.07, 6.45) is 3.24. The lowest BCUT2D eigenvalue weighted by Gasteiger charge is -2.03. The highest BCUT2D eigenvalue weighted by Gasteiger charge is 2.00. The Balaban J connectivity index is 2.55. The van der Waals surface area contributed by atoms with Crippen LogP contribution in [0, 0.1) is 11.8 Å². The predicted octanol–water partition coefficient (Wildman–Crippen LogP) is 3.53. The molecular weight excluding hydrogens is 206 g/mol. The van der Waals surface area contributed by atoms with E-state index < -0.39 is 0 Å². The number of hydrogen-bond acceptors (Lipinski definition) is 1. The molecule has 1 aromatic carbocycles. The van der Waals surface area contributed by atoms with Crippen LogP contribution < -0.4 is 5.73 Å². The second-order valence-electron chi connectivity index (χ2n) is 3.45. The maximum absolute atomic E-state index is 5.91. The molecule has 1 unspecified atom stereocenters. The largest absolute Gasteiger partial charge is 0.314 e. The summed E-state index contributed by atoms with van der Waals surface area (Å²) >= 11 is 5.79. The Labute approximate surface area is 96.6 Å². The fraction of sp³-hybridized carbons (Fsp3) is 0.385. The third kappa shape index (κ3) is 4.38. The molecule has 0 saturated heterocycles. The maximum atomic E-state index is 5.91. The van der Waals surface area contributed by atoms with Crippen molar-refractivity contribution in [2.45, 2.75) is 32.2 Å². The molecule has 1 atom stereocenters. The van der Waals surface area contributed by atoms with E-state index in [1.165, 1.54) is 6.42 Å². The van der Waals surface area contributed by atoms with Gasteiger partial charge in [0, 0.05) is 11.4 Å². The average Bonchev–Trinajstić information content (AvgIpc) is 2.25. The fourth-order valence-electron chi connectivity index (χ4n) is 1.20. The van der Waals surface area contributed by atoms with E-state index in [1.807, 2.05) is 24.3 Å². The first-order valence-corrected chi connectivity index (χ1v) is 5.61. The molecule has 0 fully saturated rings. The lowest BCUT2D eigenvalue weighted by atomic mass is 10.1. The molecule has 0 aromatic heterocycles. The Morgan fingerprint density at radius 2 is 2.00 bits per heavy atom. The SMILES string of the molecule is CCCCC#CC(N)c1ccc(Cl)cc1. The minimum atomic E-state index is -0.195. The van der Waals surface area contributed by atoms with Crippen molar-refractivity contribution >= 4 is 11.6 Å². The molecule has 0 amide bonds. The minimum absolute atomic E-state index is 0.195. The summed E-state index contributed by atoms with van der Waals surface area (Å²) in [4.78, 5) is 0. The van der Waals surface area contributed by atoms with Gasteiger partial charge in [-0.05, 0) is 24.1 Å². The molecule has 0 heterocycles. The first-order valence-electron chi connectivity index (χ1n) is 5.23. The predicted molar refractivity (Wildman–Crippen MR) is 65.7 cm³/mol. The molecule has 0 aliphatic carbocycles. The molecule has 80 valence electrons. The monoisotopic (exact) mass is 221 g/mol. The van der Waals surface area contributed by atoms with Crippen molar-refractivity contribution in [3.63, 3.8) is 0 Å². The Bertz CT molecular complexity index is 345. The summed E-state index contributed by atoms with van der Waals surface area (Å²) in [5.74, 6) is 6.13. The number of benzene rings is 1. The average molecular weight is 222 g/mol. The lowest BCUT2D eigenvalue weighted by Crippen LogP contribution is -2.07. The molecule has 1 nitrogen and oxygen atoms in total. The van der Waals surface area contributed by atoms with E-state index in [0.29, 0.717) is 0 Å². The second-order valence-corrected chi connectivity index (χ2v) is 3.89. The van der Waals surface area contributed by atoms with E-state index in [9.17, 15) is 0 Å². The maximum Gasteiger partial charge on any atom is 0.0920 e. The summed E-state index contributed by atoms with van der Waals surface area (Å²) in [5.41, 5.74) is 6.93. The number of unbranched alkanes of at least 4 members (excludes halogenated alkanes) is 2. The van der Waals surface area contributed by atoms with Gasteiger partial charge in [0.1, 0.15) is 0 Å². The third-order valence-electron chi connectivity index (χ3n) is 2.14. The number of rotatable bonds is 3. The van der Waals surface area contributed by atoms with Gasteiger partial charge in [-0.25, -0.2) is 0 Å². The van der Waals surface area contributed by atoms with Crippen molar-refractivity contribution in [2.24, 2.45) is 5.73 Å². The molecule has 0 bridgehead atoms. The van der Waals surface area contributed by atoms with Gasteiger partial charge < -0.3 is 5.73 Å². The summed E-state index contributed by atoms with van der Waals surface area (Å²) in [5, 5.41) is 0.727. The van der Waals surface area contributed by atoms with Crippen LogP contribution in [0.15, 0.2) is 24.3 Å². The van der Waals surface area contributed by atoms with Crippen molar-refractivity contribution in [2.75, 3.05) is 0 Å². The molecule has 2 N–H and O–H groups in total. The van der Waals surface area contributed by atoms with Crippen LogP contribution in [0.4, 0.5) is 0 Å². The van der Waals surface area contributed by atoms with Crippen LogP contribution in [-0.4, -0.2) is 0 Å². The second kappa shape index (κ2) is 6.50. The zero-order valence-corrected chi connectivity index (χ0v) is 9.72. The van der Waals surface area contributed by atoms with Crippen molar-refractivity contribution in [1.82, 2.24) is 0 Å². The van der Waals surface area contributed by atoms with Crippen LogP contribution in [-0.2, 0) is 0 Å². The van der Waals surface area contributed by atoms with Gasteiger partial charge in [0.2, 0.25) is 0 Å². The number of nitrogens with two attached hydrogens (primary N) is 1. The van der Waals surface area contributed by atoms with Crippen molar-refractivity contribution in [3.8, 4) is 11.8 Å². The zero-order chi connectivity index (χ0) is 11.1. The highest BCUT2D eigenvalue weighted by Crippen LogP contribution is 2.14. The Morgan fingerprint density at radius 1 is 1.33 bits per heavy atom. The topological polar surface area (TPSA) is 26.0 Å². The Morgan fingerprint density at radius 3 is 2.60 bits per heavy atom. The normalized spacial score (nSPS) is 11.7. The minimum Gasteiger partial charge on any atom is -0.314 e. The standard InChI is InChI=1S/C13H16ClN/c1-2-3-4-5-6-13(15)11-7-9-12(14)10-8-11/h7-10,13H,2-4,15H2,1H3. The van der Waals surface area contributed by atoms with Crippen LogP contribution in [0.3, 0.4) is 0 Å². The molecule has 0 saturated carbocycles. The molecule has 1 rings (SSSR count). The van der Waals surface area contributed by atoms with Crippen LogP contribution in [0.5, 0.6) is 0 Å². The van der Waals surface area contributed by atoms with E-state index in [-0.39, 0.29) is 6.04 Å². The van der Waals surface area contributed by atoms with Gasteiger partial charge in [0.15, 0.2) is 0 Å². The smallest absolute Gasteiger partial charge is 0.0920 e. The van der Waals surface area contributed by atoms with Gasteiger partial charge in [0.25, 0.3) is 0 Å². The highest BCUT2D eigenvalue weighted by atomic mass is 35.5. The van der Waals surface area contributed by atoms with E-state index >= 15 is 0 Å². The van der Waals surface area contributed by atoms with Crippen molar-refractivity contribution in [1.29, 1.82) is 0 Å². The van der Waals surface area contributed by atoms with Crippen LogP contribution in [0.1, 0.15) is 37.8 Å². The molecule has 0 spiro atoms. The van der Waals surface area contributed by atoms with Crippen LogP contribution >= 0.6 is 11.6 Å². The van der Waals surface area contributed by atoms with Gasteiger partial charge in [-0.1, -0.05) is 43.0 Å². The van der Waals surface area contributed by atoms with E-state index in [1.54, 1.807) is 0 Å². The van der Waals surface area contributed by atoms with Gasteiger partial charge in [-0.15, -0.1) is 5.92 Å². The molecule has 0 aliphatic rings. The van der Waals surface area contributed by atoms with Gasteiger partial charge in [-0.3, -0.25) is 0 Å². The quantitative estimate of drug-likeness (QED) is 0.613. The summed E-state index contributed by atoms with van der Waals surface area (Å²) in [6, 6.07) is 7.32. The van der Waals surface area contributed by atoms with Crippen LogP contribution in [0.25, 0.3) is 0 Å². The summed E-state index contributed by atoms with van der Waals surface area (Å²) < 4.78 is 0. The van der Waals surface area contributed by atoms with Gasteiger partial charge >= 0.3 is 0 Å². The zero-order valence-electron chi connectivity index (χ0n) is 8.96. The van der Waals surface area contributed by atoms with Crippen molar-refractivity contribution < 1.29 is 0 Å². The number of hydrogen-bond donors (Lipinski definition) is 1. The number of halogens is 1. The van der Waals surface area contributed by atoms with Crippen molar-refractivity contribution in [3.05, 3.63) is 34.9 Å². The van der Waals surface area contributed by atoms with Gasteiger partial charge in [0.05, 0.1) is 6.04 Å². The molecule has 2 heteroatoms. The molecular formula is C13H16ClN. The van der Waals surface area contributed by atoms with E-state index in [4.69, 9.17) is 17.3 Å². The summed E-state index contributed by atoms with van der Waals surface area (Å²) in [6.45, 7) is 2.15. The molecule has 0 aliphatic heterocycles. The Hall–Kier alpha value is -0.970. The first-order chi connectivity index (χ1) is 7.24. The molecule has 15 heavy (non-hydrogen) atoms. The Kier molecular flexibility index (Phi) is 5.25. The lowest BCUT2D eigenvalue weighted by molar-refractivity contribution is 0.825. The van der Waals surface area contributed by atoms with Gasteiger partial charge in [-0.2, -0.15) is 0 Å². The fourth-order valence-corrected chi connectivity index (χ4v) is 1.33. The summed E-state index contributed by atoms with van der Waals surface area (Å²) in [7, 11) is 0. The highest BCUT2D eigenvalue weighted by molar-refractivity contribution is 6.30. The molecule has 1 aromatic rings. The molecule has 0 radical (unpaired) electrons. The third-order valence-corrected chi connectivity index (χ3v) is 2.39. The van der Waals surface area contributed by atoms with Crippen LogP contribution in [0.2, 0.25) is 5.02 Å². The first kappa shape index (κ1) is 12.1. The van der Waals surface area contributed by atoms with E-state index in [0.717, 1.165) is 23.4 Å².